The molecule has 8 heteroatoms. The van der Waals surface area contributed by atoms with Crippen molar-refractivity contribution in [3.8, 4) is 0 Å². The SMILES string of the molecule is CN(C)c1ncc(CN[C@@H](CC(N)=O)C(=O)O)cn1. The van der Waals surface area contributed by atoms with Crippen LogP contribution in [-0.4, -0.2) is 47.1 Å². The molecular weight excluding hydrogens is 250 g/mol. The molecule has 0 bridgehead atoms. The van der Waals surface area contributed by atoms with Crippen LogP contribution in [0, 0.1) is 0 Å². The van der Waals surface area contributed by atoms with E-state index in [2.05, 4.69) is 15.3 Å². The summed E-state index contributed by atoms with van der Waals surface area (Å²) in [5, 5.41) is 11.6. The fourth-order valence-electron chi connectivity index (χ4n) is 1.36. The molecular formula is C11H17N5O3. The molecule has 0 aliphatic rings. The Bertz CT molecular complexity index is 446. The number of nitrogens with two attached hydrogens (primary N) is 1. The maximum Gasteiger partial charge on any atom is 0.321 e. The van der Waals surface area contributed by atoms with Gasteiger partial charge in [-0.05, 0) is 0 Å². The molecule has 1 atom stereocenters. The van der Waals surface area contributed by atoms with Crippen molar-refractivity contribution < 1.29 is 14.7 Å². The molecule has 0 saturated heterocycles. The quantitative estimate of drug-likeness (QED) is 0.577. The predicted octanol–water partition coefficient (Wildman–Crippen LogP) is -1.04. The van der Waals surface area contributed by atoms with Crippen molar-refractivity contribution in [3.63, 3.8) is 0 Å². The van der Waals surface area contributed by atoms with Crippen molar-refractivity contribution in [1.29, 1.82) is 0 Å². The summed E-state index contributed by atoms with van der Waals surface area (Å²) in [4.78, 5) is 31.6. The number of anilines is 1. The first-order valence-electron chi connectivity index (χ1n) is 5.63. The van der Waals surface area contributed by atoms with E-state index in [1.165, 1.54) is 0 Å². The van der Waals surface area contributed by atoms with Crippen LogP contribution in [-0.2, 0) is 16.1 Å². The first-order chi connectivity index (χ1) is 8.90. The average Bonchev–Trinajstić information content (AvgIpc) is 2.34. The van der Waals surface area contributed by atoms with E-state index in [1.54, 1.807) is 17.3 Å². The van der Waals surface area contributed by atoms with E-state index in [4.69, 9.17) is 10.8 Å². The Hall–Kier alpha value is -2.22. The number of nitrogens with zero attached hydrogens (tertiary/aromatic N) is 3. The molecule has 1 amide bonds. The first kappa shape index (κ1) is 14.8. The maximum absolute atomic E-state index is 10.9. The van der Waals surface area contributed by atoms with Gasteiger partial charge in [0.15, 0.2) is 0 Å². The smallest absolute Gasteiger partial charge is 0.321 e. The highest BCUT2D eigenvalue weighted by molar-refractivity contribution is 5.83. The van der Waals surface area contributed by atoms with Gasteiger partial charge in [-0.25, -0.2) is 9.97 Å². The molecule has 19 heavy (non-hydrogen) atoms. The number of carbonyl (C=O) groups is 2. The lowest BCUT2D eigenvalue weighted by Crippen LogP contribution is -2.39. The maximum atomic E-state index is 10.9. The number of carboxylic acids is 1. The van der Waals surface area contributed by atoms with E-state index in [1.807, 2.05) is 14.1 Å². The molecule has 104 valence electrons. The fraction of sp³-hybridized carbons (Fsp3) is 0.455. The third-order valence-electron chi connectivity index (χ3n) is 2.35. The van der Waals surface area contributed by atoms with Gasteiger partial charge in [0.2, 0.25) is 11.9 Å². The standard InChI is InChI=1S/C11H17N5O3/c1-16(2)11-14-5-7(6-15-11)4-13-8(10(18)19)3-9(12)17/h5-6,8,13H,3-4H2,1-2H3,(H2,12,17)(H,18,19)/t8-/m0/s1. The summed E-state index contributed by atoms with van der Waals surface area (Å²) >= 11 is 0. The molecule has 4 N–H and O–H groups in total. The third-order valence-corrected chi connectivity index (χ3v) is 2.35. The lowest BCUT2D eigenvalue weighted by Gasteiger charge is -2.13. The second-order valence-corrected chi connectivity index (χ2v) is 4.23. The molecule has 0 aromatic carbocycles. The number of aromatic nitrogens is 2. The Morgan fingerprint density at radius 2 is 2.00 bits per heavy atom. The number of primary amides is 1. The van der Waals surface area contributed by atoms with Crippen LogP contribution in [0.5, 0.6) is 0 Å². The number of nitrogens with one attached hydrogen (secondary N) is 1. The fourth-order valence-corrected chi connectivity index (χ4v) is 1.36. The summed E-state index contributed by atoms with van der Waals surface area (Å²) in [6, 6.07) is -1.01. The van der Waals surface area contributed by atoms with Crippen LogP contribution in [0.15, 0.2) is 12.4 Å². The van der Waals surface area contributed by atoms with Crippen molar-refractivity contribution in [2.24, 2.45) is 5.73 Å². The first-order valence-corrected chi connectivity index (χ1v) is 5.63. The molecule has 0 unspecified atom stereocenters. The Labute approximate surface area is 110 Å². The number of aliphatic carboxylic acids is 1. The van der Waals surface area contributed by atoms with Gasteiger partial charge < -0.3 is 15.7 Å². The van der Waals surface area contributed by atoms with Gasteiger partial charge >= 0.3 is 5.97 Å². The number of hydrogen-bond acceptors (Lipinski definition) is 6. The largest absolute Gasteiger partial charge is 0.480 e. The molecule has 8 nitrogen and oxygen atoms in total. The summed E-state index contributed by atoms with van der Waals surface area (Å²) in [5.74, 6) is -1.22. The zero-order valence-electron chi connectivity index (χ0n) is 10.8. The van der Waals surface area contributed by atoms with Gasteiger partial charge in [-0.3, -0.25) is 14.9 Å². The number of carbonyl (C=O) groups excluding carboxylic acids is 1. The monoisotopic (exact) mass is 267 g/mol. The normalized spacial score (nSPS) is 11.9. The lowest BCUT2D eigenvalue weighted by atomic mass is 10.2. The van der Waals surface area contributed by atoms with Gasteiger partial charge in [0, 0.05) is 38.6 Å². The van der Waals surface area contributed by atoms with E-state index in [0.29, 0.717) is 5.95 Å². The molecule has 1 rings (SSSR count). The summed E-state index contributed by atoms with van der Waals surface area (Å²) < 4.78 is 0. The van der Waals surface area contributed by atoms with Gasteiger partial charge in [0.1, 0.15) is 6.04 Å². The minimum atomic E-state index is -1.12. The highest BCUT2D eigenvalue weighted by atomic mass is 16.4. The van der Waals surface area contributed by atoms with Crippen LogP contribution in [0.3, 0.4) is 0 Å². The Balaban J connectivity index is 2.59. The summed E-state index contributed by atoms with van der Waals surface area (Å²) in [5.41, 5.74) is 5.70. The molecule has 0 aliphatic heterocycles. The molecule has 1 heterocycles. The van der Waals surface area contributed by atoms with Gasteiger partial charge in [-0.15, -0.1) is 0 Å². The van der Waals surface area contributed by atoms with Crippen LogP contribution < -0.4 is 16.0 Å². The minimum Gasteiger partial charge on any atom is -0.480 e. The van der Waals surface area contributed by atoms with Crippen LogP contribution in [0.4, 0.5) is 5.95 Å². The van der Waals surface area contributed by atoms with E-state index in [9.17, 15) is 9.59 Å². The van der Waals surface area contributed by atoms with Crippen LogP contribution in [0.25, 0.3) is 0 Å². The number of carboxylic acid groups (broad SMARTS) is 1. The molecule has 0 fully saturated rings. The topological polar surface area (TPSA) is 121 Å². The summed E-state index contributed by atoms with van der Waals surface area (Å²) in [7, 11) is 3.64. The Morgan fingerprint density at radius 1 is 1.42 bits per heavy atom. The lowest BCUT2D eigenvalue weighted by molar-refractivity contribution is -0.141. The zero-order chi connectivity index (χ0) is 14.4. The Morgan fingerprint density at radius 3 is 2.42 bits per heavy atom. The van der Waals surface area contributed by atoms with Gasteiger partial charge in [-0.1, -0.05) is 0 Å². The van der Waals surface area contributed by atoms with Crippen LogP contribution in [0.2, 0.25) is 0 Å². The minimum absolute atomic E-state index is 0.248. The summed E-state index contributed by atoms with van der Waals surface area (Å²) in [6.07, 6.45) is 2.93. The molecule has 0 radical (unpaired) electrons. The third kappa shape index (κ3) is 4.88. The van der Waals surface area contributed by atoms with E-state index >= 15 is 0 Å². The second-order valence-electron chi connectivity index (χ2n) is 4.23. The van der Waals surface area contributed by atoms with Gasteiger partial charge in [0.25, 0.3) is 0 Å². The molecule has 0 aliphatic carbocycles. The number of hydrogen-bond donors (Lipinski definition) is 3. The second kappa shape index (κ2) is 6.64. The molecule has 1 aromatic rings. The van der Waals surface area contributed by atoms with Crippen molar-refractivity contribution in [1.82, 2.24) is 15.3 Å². The highest BCUT2D eigenvalue weighted by Crippen LogP contribution is 2.03. The van der Waals surface area contributed by atoms with Crippen LogP contribution in [0.1, 0.15) is 12.0 Å². The molecule has 0 spiro atoms. The van der Waals surface area contributed by atoms with E-state index in [0.717, 1.165) is 5.56 Å². The van der Waals surface area contributed by atoms with Crippen molar-refractivity contribution in [2.45, 2.75) is 19.0 Å². The molecule has 1 aromatic heterocycles. The highest BCUT2D eigenvalue weighted by Gasteiger charge is 2.19. The van der Waals surface area contributed by atoms with Crippen molar-refractivity contribution in [3.05, 3.63) is 18.0 Å². The van der Waals surface area contributed by atoms with E-state index in [-0.39, 0.29) is 13.0 Å². The number of rotatable bonds is 7. The Kier molecular flexibility index (Phi) is 5.19. The van der Waals surface area contributed by atoms with Crippen LogP contribution >= 0.6 is 0 Å². The van der Waals surface area contributed by atoms with Crippen molar-refractivity contribution >= 4 is 17.8 Å². The van der Waals surface area contributed by atoms with Crippen molar-refractivity contribution in [2.75, 3.05) is 19.0 Å². The van der Waals surface area contributed by atoms with Gasteiger partial charge in [-0.2, -0.15) is 0 Å². The van der Waals surface area contributed by atoms with Gasteiger partial charge in [0.05, 0.1) is 6.42 Å². The molecule has 0 saturated carbocycles. The predicted molar refractivity (Wildman–Crippen MR) is 68.4 cm³/mol. The zero-order valence-corrected chi connectivity index (χ0v) is 10.8. The average molecular weight is 267 g/mol. The number of amides is 1. The summed E-state index contributed by atoms with van der Waals surface area (Å²) in [6.45, 7) is 0.248. The van der Waals surface area contributed by atoms with E-state index < -0.39 is 17.9 Å².